The van der Waals surface area contributed by atoms with Gasteiger partial charge in [0.25, 0.3) is 0 Å². The van der Waals surface area contributed by atoms with E-state index >= 15 is 0 Å². The SMILES string of the molecule is O=CNc1ccc(-c2cccc(C(=O)O)c2)cc1. The Morgan fingerprint density at radius 2 is 1.78 bits per heavy atom. The molecule has 0 aliphatic rings. The average Bonchev–Trinajstić information content (AvgIpc) is 2.40. The minimum Gasteiger partial charge on any atom is -0.478 e. The predicted octanol–water partition coefficient (Wildman–Crippen LogP) is 2.62. The van der Waals surface area contributed by atoms with Crippen LogP contribution >= 0.6 is 0 Å². The van der Waals surface area contributed by atoms with Crippen LogP contribution in [0, 0.1) is 0 Å². The van der Waals surface area contributed by atoms with Crippen LogP contribution in [0.4, 0.5) is 5.69 Å². The Bertz CT molecular complexity index is 576. The van der Waals surface area contributed by atoms with Crippen LogP contribution in [0.15, 0.2) is 48.5 Å². The van der Waals surface area contributed by atoms with Gasteiger partial charge in [0.2, 0.25) is 6.41 Å². The molecule has 0 unspecified atom stereocenters. The molecule has 1 amide bonds. The molecule has 90 valence electrons. The van der Waals surface area contributed by atoms with E-state index in [0.717, 1.165) is 11.1 Å². The van der Waals surface area contributed by atoms with Crippen LogP contribution < -0.4 is 5.32 Å². The normalized spacial score (nSPS) is 9.78. The molecule has 2 aromatic rings. The van der Waals surface area contributed by atoms with Crippen LogP contribution in [0.5, 0.6) is 0 Å². The molecule has 0 aromatic heterocycles. The molecule has 0 saturated carbocycles. The van der Waals surface area contributed by atoms with Gasteiger partial charge in [-0.1, -0.05) is 24.3 Å². The van der Waals surface area contributed by atoms with Gasteiger partial charge in [0.05, 0.1) is 5.56 Å². The molecule has 2 rings (SSSR count). The monoisotopic (exact) mass is 241 g/mol. The lowest BCUT2D eigenvalue weighted by molar-refractivity contribution is -0.105. The van der Waals surface area contributed by atoms with Crippen molar-refractivity contribution in [2.45, 2.75) is 0 Å². The maximum Gasteiger partial charge on any atom is 0.335 e. The Morgan fingerprint density at radius 1 is 1.06 bits per heavy atom. The van der Waals surface area contributed by atoms with Gasteiger partial charge >= 0.3 is 5.97 Å². The Kier molecular flexibility index (Phi) is 3.38. The summed E-state index contributed by atoms with van der Waals surface area (Å²) in [6.07, 6.45) is 0.611. The average molecular weight is 241 g/mol. The summed E-state index contributed by atoms with van der Waals surface area (Å²) in [6, 6.07) is 13.9. The lowest BCUT2D eigenvalue weighted by Crippen LogP contribution is -1.96. The Morgan fingerprint density at radius 3 is 2.39 bits per heavy atom. The summed E-state index contributed by atoms with van der Waals surface area (Å²) in [4.78, 5) is 21.1. The third-order valence-corrected chi connectivity index (χ3v) is 2.55. The van der Waals surface area contributed by atoms with Crippen molar-refractivity contribution in [1.82, 2.24) is 0 Å². The Hall–Kier alpha value is -2.62. The topological polar surface area (TPSA) is 66.4 Å². The molecule has 0 saturated heterocycles. The van der Waals surface area contributed by atoms with Crippen molar-refractivity contribution >= 4 is 18.1 Å². The molecule has 0 spiro atoms. The largest absolute Gasteiger partial charge is 0.478 e. The van der Waals surface area contributed by atoms with Crippen molar-refractivity contribution < 1.29 is 14.7 Å². The van der Waals surface area contributed by atoms with Crippen molar-refractivity contribution in [3.63, 3.8) is 0 Å². The number of hydrogen-bond donors (Lipinski definition) is 2. The number of carbonyl (C=O) groups excluding carboxylic acids is 1. The van der Waals surface area contributed by atoms with Gasteiger partial charge in [-0.15, -0.1) is 0 Å². The first kappa shape index (κ1) is 11.9. The lowest BCUT2D eigenvalue weighted by atomic mass is 10.0. The maximum absolute atomic E-state index is 10.9. The van der Waals surface area contributed by atoms with E-state index in [2.05, 4.69) is 5.32 Å². The number of aromatic carboxylic acids is 1. The zero-order chi connectivity index (χ0) is 13.0. The van der Waals surface area contributed by atoms with E-state index in [9.17, 15) is 9.59 Å². The molecule has 4 nitrogen and oxygen atoms in total. The van der Waals surface area contributed by atoms with E-state index in [4.69, 9.17) is 5.11 Å². The van der Waals surface area contributed by atoms with Crippen molar-refractivity contribution in [1.29, 1.82) is 0 Å². The van der Waals surface area contributed by atoms with E-state index in [1.807, 2.05) is 18.2 Å². The van der Waals surface area contributed by atoms with Crippen molar-refractivity contribution in [3.05, 3.63) is 54.1 Å². The van der Waals surface area contributed by atoms with E-state index in [1.165, 1.54) is 0 Å². The molecule has 4 heteroatoms. The molecule has 0 atom stereocenters. The zero-order valence-electron chi connectivity index (χ0n) is 9.46. The summed E-state index contributed by atoms with van der Waals surface area (Å²) in [7, 11) is 0. The molecule has 2 aromatic carbocycles. The minimum atomic E-state index is -0.948. The number of amides is 1. The Labute approximate surface area is 104 Å². The second-order valence-electron chi connectivity index (χ2n) is 3.73. The van der Waals surface area contributed by atoms with Crippen LogP contribution in [0.2, 0.25) is 0 Å². The fraction of sp³-hybridized carbons (Fsp3) is 0. The number of carbonyl (C=O) groups is 2. The van der Waals surface area contributed by atoms with Gasteiger partial charge in [-0.25, -0.2) is 4.79 Å². The van der Waals surface area contributed by atoms with E-state index in [1.54, 1.807) is 30.3 Å². The highest BCUT2D eigenvalue weighted by molar-refractivity contribution is 5.89. The lowest BCUT2D eigenvalue weighted by Gasteiger charge is -2.04. The molecule has 0 aliphatic heterocycles. The zero-order valence-corrected chi connectivity index (χ0v) is 9.46. The molecule has 0 fully saturated rings. The summed E-state index contributed by atoms with van der Waals surface area (Å²) in [6.45, 7) is 0. The summed E-state index contributed by atoms with van der Waals surface area (Å²) in [5, 5.41) is 11.5. The number of hydrogen-bond acceptors (Lipinski definition) is 2. The quantitative estimate of drug-likeness (QED) is 0.808. The first-order chi connectivity index (χ1) is 8.70. The van der Waals surface area contributed by atoms with Crippen LogP contribution in [0.3, 0.4) is 0 Å². The van der Waals surface area contributed by atoms with Crippen molar-refractivity contribution in [2.75, 3.05) is 5.32 Å². The maximum atomic E-state index is 10.9. The number of benzene rings is 2. The van der Waals surface area contributed by atoms with Gasteiger partial charge in [0.15, 0.2) is 0 Å². The summed E-state index contributed by atoms with van der Waals surface area (Å²) < 4.78 is 0. The van der Waals surface area contributed by atoms with Crippen molar-refractivity contribution in [2.24, 2.45) is 0 Å². The van der Waals surface area contributed by atoms with Crippen LogP contribution in [-0.2, 0) is 4.79 Å². The number of nitrogens with one attached hydrogen (secondary N) is 1. The first-order valence-electron chi connectivity index (χ1n) is 5.34. The van der Waals surface area contributed by atoms with Gasteiger partial charge in [-0.05, 0) is 35.4 Å². The third kappa shape index (κ3) is 2.55. The third-order valence-electron chi connectivity index (χ3n) is 2.55. The summed E-state index contributed by atoms with van der Waals surface area (Å²) in [5.41, 5.74) is 2.67. The fourth-order valence-electron chi connectivity index (χ4n) is 1.66. The smallest absolute Gasteiger partial charge is 0.335 e. The van der Waals surface area contributed by atoms with E-state index in [0.29, 0.717) is 12.1 Å². The Balaban J connectivity index is 2.33. The summed E-state index contributed by atoms with van der Waals surface area (Å²) >= 11 is 0. The number of anilines is 1. The number of carboxylic acids is 1. The van der Waals surface area contributed by atoms with Crippen molar-refractivity contribution in [3.8, 4) is 11.1 Å². The standard InChI is InChI=1S/C14H11NO3/c16-9-15-13-6-4-10(5-7-13)11-2-1-3-12(8-11)14(17)18/h1-9H,(H,15,16)(H,17,18). The fourth-order valence-corrected chi connectivity index (χ4v) is 1.66. The molecule has 0 aliphatic carbocycles. The molecular weight excluding hydrogens is 230 g/mol. The van der Waals surface area contributed by atoms with E-state index in [-0.39, 0.29) is 5.56 Å². The van der Waals surface area contributed by atoms with Gasteiger partial charge in [-0.2, -0.15) is 0 Å². The van der Waals surface area contributed by atoms with Crippen LogP contribution in [0.25, 0.3) is 11.1 Å². The number of carboxylic acid groups (broad SMARTS) is 1. The van der Waals surface area contributed by atoms with Crippen LogP contribution in [0.1, 0.15) is 10.4 Å². The van der Waals surface area contributed by atoms with E-state index < -0.39 is 5.97 Å². The van der Waals surface area contributed by atoms with Gasteiger partial charge in [0, 0.05) is 5.69 Å². The minimum absolute atomic E-state index is 0.252. The predicted molar refractivity (Wildman–Crippen MR) is 68.5 cm³/mol. The molecule has 0 radical (unpaired) electrons. The van der Waals surface area contributed by atoms with Gasteiger partial charge in [-0.3, -0.25) is 4.79 Å². The highest BCUT2D eigenvalue weighted by atomic mass is 16.4. The van der Waals surface area contributed by atoms with Gasteiger partial charge < -0.3 is 10.4 Å². The second kappa shape index (κ2) is 5.14. The second-order valence-corrected chi connectivity index (χ2v) is 3.73. The number of rotatable bonds is 4. The molecule has 0 bridgehead atoms. The molecule has 2 N–H and O–H groups in total. The highest BCUT2D eigenvalue weighted by Gasteiger charge is 2.04. The van der Waals surface area contributed by atoms with Crippen LogP contribution in [-0.4, -0.2) is 17.5 Å². The summed E-state index contributed by atoms with van der Waals surface area (Å²) in [5.74, 6) is -0.948. The first-order valence-corrected chi connectivity index (χ1v) is 5.34. The molecular formula is C14H11NO3. The van der Waals surface area contributed by atoms with Gasteiger partial charge in [0.1, 0.15) is 0 Å². The molecule has 0 heterocycles. The molecule has 18 heavy (non-hydrogen) atoms. The highest BCUT2D eigenvalue weighted by Crippen LogP contribution is 2.22.